The molecule has 0 aromatic carbocycles. The summed E-state index contributed by atoms with van der Waals surface area (Å²) >= 11 is 0. The van der Waals surface area contributed by atoms with Gasteiger partial charge in [0.25, 0.3) is 0 Å². The van der Waals surface area contributed by atoms with E-state index in [4.69, 9.17) is 0 Å². The van der Waals surface area contributed by atoms with Gasteiger partial charge in [0.2, 0.25) is 5.91 Å². The molecule has 2 unspecified atom stereocenters. The molecule has 0 radical (unpaired) electrons. The third kappa shape index (κ3) is 5.41. The number of rotatable bonds is 7. The molecule has 1 amide bonds. The molecular weight excluding hydrogens is 252 g/mol. The molecule has 2 atom stereocenters. The van der Waals surface area contributed by atoms with Crippen molar-refractivity contribution in [2.45, 2.75) is 53.0 Å². The van der Waals surface area contributed by atoms with Crippen molar-refractivity contribution in [3.63, 3.8) is 0 Å². The zero-order chi connectivity index (χ0) is 15.1. The topological polar surface area (TPSA) is 43.8 Å². The molecule has 1 heterocycles. The minimum absolute atomic E-state index is 0.218. The lowest BCUT2D eigenvalue weighted by atomic mass is 9.95. The van der Waals surface area contributed by atoms with Crippen molar-refractivity contribution < 1.29 is 9.90 Å². The Morgan fingerprint density at radius 1 is 1.15 bits per heavy atom. The molecule has 1 N–H and O–H groups in total. The molecule has 1 fully saturated rings. The number of hydrogen-bond acceptors (Lipinski definition) is 3. The molecule has 1 aliphatic rings. The van der Waals surface area contributed by atoms with Gasteiger partial charge in [0.15, 0.2) is 0 Å². The molecule has 1 saturated heterocycles. The van der Waals surface area contributed by atoms with Crippen molar-refractivity contribution in [3.8, 4) is 0 Å². The summed E-state index contributed by atoms with van der Waals surface area (Å²) in [5.74, 6) is 1.43. The Bertz CT molecular complexity index is 282. The van der Waals surface area contributed by atoms with Crippen LogP contribution in [-0.2, 0) is 4.79 Å². The molecule has 0 aliphatic carbocycles. The summed E-state index contributed by atoms with van der Waals surface area (Å²) < 4.78 is 0. The molecular formula is C16H32N2O2. The second-order valence-electron chi connectivity index (χ2n) is 6.60. The molecule has 0 aromatic rings. The number of hydrogen-bond donors (Lipinski definition) is 1. The van der Waals surface area contributed by atoms with Crippen LogP contribution in [0.3, 0.4) is 0 Å². The van der Waals surface area contributed by atoms with E-state index in [0.29, 0.717) is 24.2 Å². The van der Waals surface area contributed by atoms with E-state index in [2.05, 4.69) is 32.6 Å². The van der Waals surface area contributed by atoms with Gasteiger partial charge in [-0.3, -0.25) is 9.69 Å². The second-order valence-corrected chi connectivity index (χ2v) is 6.60. The van der Waals surface area contributed by atoms with E-state index in [9.17, 15) is 9.90 Å². The van der Waals surface area contributed by atoms with E-state index in [1.54, 1.807) is 0 Å². The summed E-state index contributed by atoms with van der Waals surface area (Å²) in [4.78, 5) is 16.6. The molecule has 1 aliphatic heterocycles. The number of nitrogens with zero attached hydrogens (tertiary/aromatic N) is 2. The highest BCUT2D eigenvalue weighted by Gasteiger charge is 2.25. The Morgan fingerprint density at radius 3 is 2.20 bits per heavy atom. The summed E-state index contributed by atoms with van der Waals surface area (Å²) in [6.07, 6.45) is 2.76. The second kappa shape index (κ2) is 8.63. The van der Waals surface area contributed by atoms with Crippen LogP contribution in [0.25, 0.3) is 0 Å². The molecule has 4 nitrogen and oxygen atoms in total. The van der Waals surface area contributed by atoms with Crippen LogP contribution in [0.5, 0.6) is 0 Å². The van der Waals surface area contributed by atoms with Gasteiger partial charge >= 0.3 is 0 Å². The van der Waals surface area contributed by atoms with Crippen molar-refractivity contribution >= 4 is 5.91 Å². The normalized spacial score (nSPS) is 20.2. The van der Waals surface area contributed by atoms with Crippen LogP contribution >= 0.6 is 0 Å². The maximum Gasteiger partial charge on any atom is 0.222 e. The van der Waals surface area contributed by atoms with Crippen molar-refractivity contribution in [2.75, 3.05) is 32.8 Å². The Hall–Kier alpha value is -0.610. The minimum atomic E-state index is 0.218. The highest BCUT2D eigenvalue weighted by Crippen LogP contribution is 2.17. The van der Waals surface area contributed by atoms with Crippen LogP contribution in [-0.4, -0.2) is 59.6 Å². The largest absolute Gasteiger partial charge is 0.395 e. The zero-order valence-electron chi connectivity index (χ0n) is 13.6. The first-order chi connectivity index (χ1) is 9.47. The van der Waals surface area contributed by atoms with Crippen molar-refractivity contribution in [3.05, 3.63) is 0 Å². The number of carbonyl (C=O) groups excluding carboxylic acids is 1. The molecule has 0 saturated carbocycles. The summed E-state index contributed by atoms with van der Waals surface area (Å²) in [5, 5.41) is 9.33. The van der Waals surface area contributed by atoms with E-state index >= 15 is 0 Å². The van der Waals surface area contributed by atoms with Gasteiger partial charge in [-0.1, -0.05) is 27.7 Å². The van der Waals surface area contributed by atoms with E-state index in [0.717, 1.165) is 39.0 Å². The van der Waals surface area contributed by atoms with Crippen LogP contribution < -0.4 is 0 Å². The number of aliphatic hydroxyl groups excluding tert-OH is 1. The number of piperazine rings is 1. The van der Waals surface area contributed by atoms with E-state index in [-0.39, 0.29) is 12.6 Å². The summed E-state index contributed by atoms with van der Waals surface area (Å²) in [6, 6.07) is 0.257. The molecule has 118 valence electrons. The average molecular weight is 284 g/mol. The van der Waals surface area contributed by atoms with Crippen molar-refractivity contribution in [2.24, 2.45) is 11.8 Å². The standard InChI is InChI=1S/C16H32N2O2/c1-5-15(12-19)17-6-8-18(9-7-17)16(20)11-14(4)10-13(2)3/h13-15,19H,5-12H2,1-4H3. The lowest BCUT2D eigenvalue weighted by Crippen LogP contribution is -2.52. The minimum Gasteiger partial charge on any atom is -0.395 e. The third-order valence-corrected chi connectivity index (χ3v) is 4.26. The molecule has 0 bridgehead atoms. The van der Waals surface area contributed by atoms with Crippen LogP contribution in [0.15, 0.2) is 0 Å². The van der Waals surface area contributed by atoms with E-state index < -0.39 is 0 Å². The summed E-state index contributed by atoms with van der Waals surface area (Å²) in [6.45, 7) is 12.3. The van der Waals surface area contributed by atoms with Gasteiger partial charge in [0.1, 0.15) is 0 Å². The van der Waals surface area contributed by atoms with Gasteiger partial charge in [-0.05, 0) is 24.7 Å². The SMILES string of the molecule is CCC(CO)N1CCN(C(=O)CC(C)CC(C)C)CC1. The van der Waals surface area contributed by atoms with Crippen LogP contribution in [0, 0.1) is 11.8 Å². The Labute approximate surface area is 124 Å². The fourth-order valence-electron chi connectivity index (χ4n) is 3.15. The van der Waals surface area contributed by atoms with Crippen molar-refractivity contribution in [1.29, 1.82) is 0 Å². The van der Waals surface area contributed by atoms with Gasteiger partial charge in [-0.2, -0.15) is 0 Å². The molecule has 0 spiro atoms. The predicted molar refractivity (Wildman–Crippen MR) is 82.6 cm³/mol. The number of amides is 1. The van der Waals surface area contributed by atoms with Gasteiger partial charge in [-0.15, -0.1) is 0 Å². The van der Waals surface area contributed by atoms with Crippen LogP contribution in [0.2, 0.25) is 0 Å². The van der Waals surface area contributed by atoms with Gasteiger partial charge in [0.05, 0.1) is 6.61 Å². The maximum atomic E-state index is 12.3. The fourth-order valence-corrected chi connectivity index (χ4v) is 3.15. The van der Waals surface area contributed by atoms with E-state index in [1.807, 2.05) is 4.90 Å². The zero-order valence-corrected chi connectivity index (χ0v) is 13.6. The van der Waals surface area contributed by atoms with Gasteiger partial charge in [0, 0.05) is 38.6 Å². The summed E-state index contributed by atoms with van der Waals surface area (Å²) in [5.41, 5.74) is 0. The average Bonchev–Trinajstić information content (AvgIpc) is 2.39. The van der Waals surface area contributed by atoms with Gasteiger partial charge in [-0.25, -0.2) is 0 Å². The van der Waals surface area contributed by atoms with E-state index in [1.165, 1.54) is 0 Å². The first-order valence-corrected chi connectivity index (χ1v) is 8.10. The monoisotopic (exact) mass is 284 g/mol. The summed E-state index contributed by atoms with van der Waals surface area (Å²) in [7, 11) is 0. The molecule has 1 rings (SSSR count). The van der Waals surface area contributed by atoms with Gasteiger partial charge < -0.3 is 10.0 Å². The Balaban J connectivity index is 2.35. The smallest absolute Gasteiger partial charge is 0.222 e. The highest BCUT2D eigenvalue weighted by molar-refractivity contribution is 5.76. The predicted octanol–water partition coefficient (Wildman–Crippen LogP) is 1.97. The Morgan fingerprint density at radius 2 is 1.75 bits per heavy atom. The fraction of sp³-hybridized carbons (Fsp3) is 0.938. The Kier molecular flexibility index (Phi) is 7.52. The first kappa shape index (κ1) is 17.4. The highest BCUT2D eigenvalue weighted by atomic mass is 16.3. The van der Waals surface area contributed by atoms with Crippen LogP contribution in [0.4, 0.5) is 0 Å². The third-order valence-electron chi connectivity index (χ3n) is 4.26. The number of aliphatic hydroxyl groups is 1. The lowest BCUT2D eigenvalue weighted by Gasteiger charge is -2.38. The first-order valence-electron chi connectivity index (χ1n) is 8.10. The van der Waals surface area contributed by atoms with Crippen LogP contribution in [0.1, 0.15) is 47.0 Å². The lowest BCUT2D eigenvalue weighted by molar-refractivity contribution is -0.134. The molecule has 0 aromatic heterocycles. The van der Waals surface area contributed by atoms with Crippen molar-refractivity contribution in [1.82, 2.24) is 9.80 Å². The quantitative estimate of drug-likeness (QED) is 0.777. The maximum absolute atomic E-state index is 12.3. The molecule has 4 heteroatoms. The number of carbonyl (C=O) groups is 1. The molecule has 20 heavy (non-hydrogen) atoms.